The molecule has 0 aromatic heterocycles. The fraction of sp³-hybridized carbons (Fsp3) is 0.833. The highest BCUT2D eigenvalue weighted by Gasteiger charge is 2.23. The summed E-state index contributed by atoms with van der Waals surface area (Å²) in [6.07, 6.45) is 4.69. The van der Waals surface area contributed by atoms with Crippen molar-refractivity contribution in [1.82, 2.24) is 10.2 Å². The first-order valence-electron chi connectivity index (χ1n) is 6.09. The molecule has 1 rings (SSSR count). The maximum atomic E-state index is 11.4. The zero-order chi connectivity index (χ0) is 11.8. The Morgan fingerprint density at radius 2 is 2.12 bits per heavy atom. The van der Waals surface area contributed by atoms with E-state index in [4.69, 9.17) is 5.26 Å². The van der Waals surface area contributed by atoms with Gasteiger partial charge in [0, 0.05) is 19.4 Å². The predicted octanol–water partition coefficient (Wildman–Crippen LogP) is 1.14. The number of nitrogens with one attached hydrogen (secondary N) is 1. The summed E-state index contributed by atoms with van der Waals surface area (Å²) in [6.45, 7) is 3.11. The zero-order valence-electron chi connectivity index (χ0n) is 10.0. The number of likely N-dealkylation sites (tertiary alicyclic amines) is 1. The highest BCUT2D eigenvalue weighted by molar-refractivity contribution is 5.78. The van der Waals surface area contributed by atoms with E-state index in [1.807, 2.05) is 0 Å². The number of piperidine rings is 1. The molecule has 1 amide bonds. The Bertz CT molecular complexity index is 251. The summed E-state index contributed by atoms with van der Waals surface area (Å²) in [5.41, 5.74) is 0. The molecule has 1 fully saturated rings. The number of unbranched alkanes of at least 4 members (excludes halogenated alkanes) is 2. The van der Waals surface area contributed by atoms with Gasteiger partial charge in [0.25, 0.3) is 0 Å². The molecular formula is C12H21N3O. The van der Waals surface area contributed by atoms with Gasteiger partial charge in [0.05, 0.1) is 6.07 Å². The lowest BCUT2D eigenvalue weighted by molar-refractivity contribution is -0.125. The van der Waals surface area contributed by atoms with E-state index < -0.39 is 0 Å². The Morgan fingerprint density at radius 3 is 2.69 bits per heavy atom. The van der Waals surface area contributed by atoms with Crippen LogP contribution in [0.2, 0.25) is 0 Å². The molecule has 0 unspecified atom stereocenters. The van der Waals surface area contributed by atoms with Crippen LogP contribution in [0.4, 0.5) is 0 Å². The van der Waals surface area contributed by atoms with Crippen LogP contribution in [-0.4, -0.2) is 37.5 Å². The van der Waals surface area contributed by atoms with Crippen molar-refractivity contribution in [2.75, 3.05) is 26.7 Å². The SMILES string of the molecule is CNC(=O)C1CCN(CCCCC#N)CC1. The maximum absolute atomic E-state index is 11.4. The second-order valence-corrected chi connectivity index (χ2v) is 4.35. The lowest BCUT2D eigenvalue weighted by Crippen LogP contribution is -2.39. The minimum Gasteiger partial charge on any atom is -0.359 e. The van der Waals surface area contributed by atoms with Gasteiger partial charge in [-0.1, -0.05) is 0 Å². The topological polar surface area (TPSA) is 56.1 Å². The smallest absolute Gasteiger partial charge is 0.222 e. The fourth-order valence-corrected chi connectivity index (χ4v) is 2.16. The van der Waals surface area contributed by atoms with Crippen molar-refractivity contribution in [2.45, 2.75) is 32.1 Å². The first-order valence-corrected chi connectivity index (χ1v) is 6.09. The van der Waals surface area contributed by atoms with Gasteiger partial charge >= 0.3 is 0 Å². The van der Waals surface area contributed by atoms with Crippen LogP contribution < -0.4 is 5.32 Å². The minimum atomic E-state index is 0.184. The van der Waals surface area contributed by atoms with Crippen molar-refractivity contribution in [2.24, 2.45) is 5.92 Å². The highest BCUT2D eigenvalue weighted by atomic mass is 16.1. The number of rotatable bonds is 5. The zero-order valence-corrected chi connectivity index (χ0v) is 10.0. The van der Waals surface area contributed by atoms with Gasteiger partial charge < -0.3 is 10.2 Å². The standard InChI is InChI=1S/C12H21N3O/c1-14-12(16)11-5-9-15(10-6-11)8-4-2-3-7-13/h11H,2-6,8-10H2,1H3,(H,14,16). The summed E-state index contributed by atoms with van der Waals surface area (Å²) in [6, 6.07) is 2.16. The third kappa shape index (κ3) is 4.19. The molecule has 0 aromatic rings. The Labute approximate surface area is 97.6 Å². The van der Waals surface area contributed by atoms with Crippen LogP contribution in [0.15, 0.2) is 0 Å². The second kappa shape index (κ2) is 7.24. The summed E-state index contributed by atoms with van der Waals surface area (Å²) in [7, 11) is 1.70. The number of carbonyl (C=O) groups excluding carboxylic acids is 1. The number of nitrogens with zero attached hydrogens (tertiary/aromatic N) is 2. The Morgan fingerprint density at radius 1 is 1.44 bits per heavy atom. The van der Waals surface area contributed by atoms with Crippen LogP contribution in [-0.2, 0) is 4.79 Å². The van der Waals surface area contributed by atoms with E-state index >= 15 is 0 Å². The first kappa shape index (κ1) is 13.0. The molecule has 0 atom stereocenters. The maximum Gasteiger partial charge on any atom is 0.222 e. The molecule has 1 saturated heterocycles. The number of hydrogen-bond donors (Lipinski definition) is 1. The summed E-state index contributed by atoms with van der Waals surface area (Å²) in [5, 5.41) is 11.1. The molecule has 4 heteroatoms. The van der Waals surface area contributed by atoms with Gasteiger partial charge in [-0.25, -0.2) is 0 Å². The van der Waals surface area contributed by atoms with Crippen molar-refractivity contribution in [3.8, 4) is 6.07 Å². The van der Waals surface area contributed by atoms with Gasteiger partial charge in [-0.15, -0.1) is 0 Å². The van der Waals surface area contributed by atoms with Crippen LogP contribution in [0.3, 0.4) is 0 Å². The average molecular weight is 223 g/mol. The predicted molar refractivity (Wildman–Crippen MR) is 62.7 cm³/mol. The summed E-state index contributed by atoms with van der Waals surface area (Å²) in [4.78, 5) is 13.8. The minimum absolute atomic E-state index is 0.184. The van der Waals surface area contributed by atoms with Crippen LogP contribution >= 0.6 is 0 Å². The molecule has 0 saturated carbocycles. The van der Waals surface area contributed by atoms with Crippen LogP contribution in [0.1, 0.15) is 32.1 Å². The molecule has 16 heavy (non-hydrogen) atoms. The lowest BCUT2D eigenvalue weighted by atomic mass is 9.96. The van der Waals surface area contributed by atoms with Crippen LogP contribution in [0.5, 0.6) is 0 Å². The first-order chi connectivity index (χ1) is 7.77. The van der Waals surface area contributed by atoms with Gasteiger partial charge in [0.2, 0.25) is 5.91 Å². The molecule has 0 spiro atoms. The van der Waals surface area contributed by atoms with E-state index in [1.54, 1.807) is 7.05 Å². The molecule has 1 heterocycles. The van der Waals surface area contributed by atoms with E-state index in [2.05, 4.69) is 16.3 Å². The molecule has 1 aliphatic heterocycles. The van der Waals surface area contributed by atoms with Crippen molar-refractivity contribution in [3.05, 3.63) is 0 Å². The van der Waals surface area contributed by atoms with Crippen molar-refractivity contribution in [3.63, 3.8) is 0 Å². The third-order valence-electron chi connectivity index (χ3n) is 3.22. The van der Waals surface area contributed by atoms with Crippen molar-refractivity contribution < 1.29 is 4.79 Å². The number of amides is 1. The molecule has 90 valence electrons. The average Bonchev–Trinajstić information content (AvgIpc) is 2.34. The molecule has 1 N–H and O–H groups in total. The van der Waals surface area contributed by atoms with E-state index in [-0.39, 0.29) is 11.8 Å². The van der Waals surface area contributed by atoms with Gasteiger partial charge in [0.1, 0.15) is 0 Å². The summed E-state index contributed by atoms with van der Waals surface area (Å²) < 4.78 is 0. The fourth-order valence-electron chi connectivity index (χ4n) is 2.16. The Hall–Kier alpha value is -1.08. The van der Waals surface area contributed by atoms with Gasteiger partial charge in [0.15, 0.2) is 0 Å². The van der Waals surface area contributed by atoms with E-state index in [0.29, 0.717) is 6.42 Å². The summed E-state index contributed by atoms with van der Waals surface area (Å²) in [5.74, 6) is 0.393. The van der Waals surface area contributed by atoms with E-state index in [1.165, 1.54) is 0 Å². The van der Waals surface area contributed by atoms with E-state index in [0.717, 1.165) is 45.3 Å². The van der Waals surface area contributed by atoms with Gasteiger partial charge in [-0.2, -0.15) is 5.26 Å². The number of nitriles is 1. The monoisotopic (exact) mass is 223 g/mol. The van der Waals surface area contributed by atoms with Crippen molar-refractivity contribution >= 4 is 5.91 Å². The van der Waals surface area contributed by atoms with Gasteiger partial charge in [-0.05, 0) is 45.3 Å². The lowest BCUT2D eigenvalue weighted by Gasteiger charge is -2.30. The molecule has 0 bridgehead atoms. The molecule has 0 radical (unpaired) electrons. The highest BCUT2D eigenvalue weighted by Crippen LogP contribution is 2.17. The van der Waals surface area contributed by atoms with Crippen LogP contribution in [0, 0.1) is 17.2 Å². The molecule has 0 aliphatic carbocycles. The second-order valence-electron chi connectivity index (χ2n) is 4.35. The number of hydrogen-bond acceptors (Lipinski definition) is 3. The Kier molecular flexibility index (Phi) is 5.87. The molecular weight excluding hydrogens is 202 g/mol. The van der Waals surface area contributed by atoms with Gasteiger partial charge in [-0.3, -0.25) is 4.79 Å². The normalized spacial score (nSPS) is 18.0. The molecule has 1 aliphatic rings. The number of carbonyl (C=O) groups is 1. The summed E-state index contributed by atoms with van der Waals surface area (Å²) >= 11 is 0. The quantitative estimate of drug-likeness (QED) is 0.711. The van der Waals surface area contributed by atoms with E-state index in [9.17, 15) is 4.79 Å². The molecule has 0 aromatic carbocycles. The molecule has 4 nitrogen and oxygen atoms in total. The van der Waals surface area contributed by atoms with Crippen LogP contribution in [0.25, 0.3) is 0 Å². The van der Waals surface area contributed by atoms with Crippen molar-refractivity contribution in [1.29, 1.82) is 5.26 Å². The largest absolute Gasteiger partial charge is 0.359 e. The third-order valence-corrected chi connectivity index (χ3v) is 3.22. The Balaban J connectivity index is 2.12.